The maximum atomic E-state index is 6.29. The minimum absolute atomic E-state index is 0.766. The Morgan fingerprint density at radius 2 is 1.48 bits per heavy atom. The molecular formula is C22H21ClN6. The molecule has 0 spiro atoms. The molecule has 0 atom stereocenters. The molecule has 29 heavy (non-hydrogen) atoms. The van der Waals surface area contributed by atoms with Gasteiger partial charge in [-0.25, -0.2) is 0 Å². The largest absolute Gasteiger partial charge is 0.368 e. The fourth-order valence-electron chi connectivity index (χ4n) is 3.91. The third-order valence-electron chi connectivity index (χ3n) is 5.55. The minimum atomic E-state index is 0.766. The lowest BCUT2D eigenvalue weighted by Crippen LogP contribution is -2.46. The Hall–Kier alpha value is -3.12. The zero-order chi connectivity index (χ0) is 19.8. The molecule has 0 unspecified atom stereocenters. The van der Waals surface area contributed by atoms with E-state index in [4.69, 9.17) is 11.6 Å². The second-order valence-corrected chi connectivity index (χ2v) is 7.72. The van der Waals surface area contributed by atoms with Crippen LogP contribution in [0.25, 0.3) is 16.6 Å². The van der Waals surface area contributed by atoms with Crippen LogP contribution in [0.5, 0.6) is 0 Å². The summed E-state index contributed by atoms with van der Waals surface area (Å²) in [5, 5.41) is 9.66. The molecule has 1 aliphatic heterocycles. The van der Waals surface area contributed by atoms with Gasteiger partial charge >= 0.3 is 0 Å². The predicted molar refractivity (Wildman–Crippen MR) is 117 cm³/mol. The van der Waals surface area contributed by atoms with E-state index in [-0.39, 0.29) is 0 Å². The Balaban J connectivity index is 1.33. The Morgan fingerprint density at radius 1 is 0.828 bits per heavy atom. The first kappa shape index (κ1) is 17.9. The Labute approximate surface area is 174 Å². The topological polar surface area (TPSA) is 50.1 Å². The summed E-state index contributed by atoms with van der Waals surface area (Å²) in [6, 6.07) is 14.8. The smallest absolute Gasteiger partial charge is 0.123 e. The highest BCUT2D eigenvalue weighted by molar-refractivity contribution is 6.32. The molecule has 0 N–H and O–H groups in total. The first-order valence-corrected chi connectivity index (χ1v) is 10.1. The van der Waals surface area contributed by atoms with Gasteiger partial charge in [0.1, 0.15) is 12.7 Å². The molecule has 0 saturated carbocycles. The molecule has 0 amide bonds. The average Bonchev–Trinajstić information content (AvgIpc) is 3.30. The number of pyridine rings is 1. The maximum Gasteiger partial charge on any atom is 0.123 e. The number of hydrogen-bond acceptors (Lipinski definition) is 5. The van der Waals surface area contributed by atoms with Gasteiger partial charge in [-0.2, -0.15) is 0 Å². The van der Waals surface area contributed by atoms with E-state index >= 15 is 0 Å². The van der Waals surface area contributed by atoms with E-state index < -0.39 is 0 Å². The molecule has 6 nitrogen and oxygen atoms in total. The van der Waals surface area contributed by atoms with Crippen molar-refractivity contribution >= 4 is 33.9 Å². The number of hydrogen-bond donors (Lipinski definition) is 0. The molecule has 0 aliphatic carbocycles. The highest BCUT2D eigenvalue weighted by Crippen LogP contribution is 2.31. The summed E-state index contributed by atoms with van der Waals surface area (Å²) in [7, 11) is 0. The Kier molecular flexibility index (Phi) is 4.56. The van der Waals surface area contributed by atoms with Crippen LogP contribution in [0.2, 0.25) is 5.02 Å². The van der Waals surface area contributed by atoms with Crippen LogP contribution >= 0.6 is 11.6 Å². The highest BCUT2D eigenvalue weighted by Gasteiger charge is 2.19. The van der Waals surface area contributed by atoms with E-state index in [1.54, 1.807) is 12.7 Å². The summed E-state index contributed by atoms with van der Waals surface area (Å²) in [5.41, 5.74) is 5.57. The van der Waals surface area contributed by atoms with Gasteiger partial charge in [0, 0.05) is 59.8 Å². The molecule has 0 radical (unpaired) electrons. The first-order chi connectivity index (χ1) is 14.2. The number of benzene rings is 2. The van der Waals surface area contributed by atoms with E-state index in [1.807, 2.05) is 23.8 Å². The molecular weight excluding hydrogens is 384 g/mol. The molecule has 1 aliphatic rings. The van der Waals surface area contributed by atoms with Crippen molar-refractivity contribution in [1.29, 1.82) is 0 Å². The number of rotatable bonds is 3. The van der Waals surface area contributed by atoms with Gasteiger partial charge in [-0.3, -0.25) is 9.55 Å². The summed E-state index contributed by atoms with van der Waals surface area (Å²) in [6.45, 7) is 5.92. The van der Waals surface area contributed by atoms with Crippen LogP contribution in [0, 0.1) is 6.92 Å². The summed E-state index contributed by atoms with van der Waals surface area (Å²) in [5.74, 6) is 0. The van der Waals surface area contributed by atoms with Gasteiger partial charge in [0.25, 0.3) is 0 Å². The van der Waals surface area contributed by atoms with E-state index in [0.29, 0.717) is 0 Å². The van der Waals surface area contributed by atoms with Crippen molar-refractivity contribution in [2.45, 2.75) is 6.92 Å². The fraction of sp³-hybridized carbons (Fsp3) is 0.227. The second-order valence-electron chi connectivity index (χ2n) is 7.31. The van der Waals surface area contributed by atoms with Crippen LogP contribution < -0.4 is 9.80 Å². The number of anilines is 2. The standard InChI is InChI=1S/C22H21ClN6/c1-16-12-19-21(13-20(16)23)24-7-6-22(19)28-10-8-27(9-11-28)17-2-4-18(5-3-17)29-14-25-26-15-29/h2-7,12-15H,8-11H2,1H3. The third-order valence-corrected chi connectivity index (χ3v) is 5.96. The molecule has 5 rings (SSSR count). The molecule has 7 heteroatoms. The van der Waals surface area contributed by atoms with Crippen molar-refractivity contribution in [2.24, 2.45) is 0 Å². The SMILES string of the molecule is Cc1cc2c(N3CCN(c4ccc(-n5cnnc5)cc4)CC3)ccnc2cc1Cl. The van der Waals surface area contributed by atoms with Gasteiger partial charge in [0.05, 0.1) is 5.52 Å². The van der Waals surface area contributed by atoms with Crippen LogP contribution in [0.15, 0.2) is 61.3 Å². The molecule has 3 heterocycles. The molecule has 2 aromatic heterocycles. The summed E-state index contributed by atoms with van der Waals surface area (Å²) in [4.78, 5) is 9.37. The molecule has 2 aromatic carbocycles. The van der Waals surface area contributed by atoms with Crippen molar-refractivity contribution in [3.05, 3.63) is 71.9 Å². The van der Waals surface area contributed by atoms with Gasteiger partial charge < -0.3 is 9.80 Å². The van der Waals surface area contributed by atoms with Crippen LogP contribution in [-0.2, 0) is 0 Å². The number of piperazine rings is 1. The van der Waals surface area contributed by atoms with E-state index in [1.165, 1.54) is 16.8 Å². The first-order valence-electron chi connectivity index (χ1n) is 9.69. The number of halogens is 1. The average molecular weight is 405 g/mol. The van der Waals surface area contributed by atoms with Crippen LogP contribution in [0.4, 0.5) is 11.4 Å². The van der Waals surface area contributed by atoms with Crippen molar-refractivity contribution in [3.8, 4) is 5.69 Å². The van der Waals surface area contributed by atoms with Gasteiger partial charge in [-0.15, -0.1) is 10.2 Å². The third kappa shape index (κ3) is 3.40. The summed E-state index contributed by atoms with van der Waals surface area (Å²) in [6.07, 6.45) is 5.29. The lowest BCUT2D eigenvalue weighted by molar-refractivity contribution is 0.655. The molecule has 4 aromatic rings. The quantitative estimate of drug-likeness (QED) is 0.514. The normalized spacial score (nSPS) is 14.6. The van der Waals surface area contributed by atoms with Crippen LogP contribution in [-0.4, -0.2) is 45.9 Å². The van der Waals surface area contributed by atoms with E-state index in [0.717, 1.165) is 48.0 Å². The van der Waals surface area contributed by atoms with Crippen molar-refractivity contribution in [2.75, 3.05) is 36.0 Å². The Bertz CT molecular complexity index is 1130. The van der Waals surface area contributed by atoms with Crippen LogP contribution in [0.3, 0.4) is 0 Å². The van der Waals surface area contributed by atoms with Gasteiger partial charge in [-0.05, 0) is 55.0 Å². The number of aryl methyl sites for hydroxylation is 1. The zero-order valence-corrected chi connectivity index (χ0v) is 16.9. The zero-order valence-electron chi connectivity index (χ0n) is 16.2. The van der Waals surface area contributed by atoms with Crippen molar-refractivity contribution < 1.29 is 0 Å². The second kappa shape index (κ2) is 7.37. The maximum absolute atomic E-state index is 6.29. The lowest BCUT2D eigenvalue weighted by Gasteiger charge is -2.37. The minimum Gasteiger partial charge on any atom is -0.368 e. The van der Waals surface area contributed by atoms with Crippen molar-refractivity contribution in [3.63, 3.8) is 0 Å². The summed E-state index contributed by atoms with van der Waals surface area (Å²) < 4.78 is 1.91. The lowest BCUT2D eigenvalue weighted by atomic mass is 10.1. The van der Waals surface area contributed by atoms with Gasteiger partial charge in [0.15, 0.2) is 0 Å². The van der Waals surface area contributed by atoms with Gasteiger partial charge in [-0.1, -0.05) is 11.6 Å². The van der Waals surface area contributed by atoms with Crippen molar-refractivity contribution in [1.82, 2.24) is 19.7 Å². The summed E-state index contributed by atoms with van der Waals surface area (Å²) >= 11 is 6.29. The monoisotopic (exact) mass is 404 g/mol. The number of aromatic nitrogens is 4. The Morgan fingerprint density at radius 3 is 2.21 bits per heavy atom. The van der Waals surface area contributed by atoms with Crippen LogP contribution in [0.1, 0.15) is 5.56 Å². The number of nitrogens with zero attached hydrogens (tertiary/aromatic N) is 6. The number of fused-ring (bicyclic) bond motifs is 1. The predicted octanol–water partition coefficient (Wildman–Crippen LogP) is 4.10. The molecule has 0 bridgehead atoms. The molecule has 146 valence electrons. The molecule has 1 saturated heterocycles. The molecule has 1 fully saturated rings. The van der Waals surface area contributed by atoms with Gasteiger partial charge in [0.2, 0.25) is 0 Å². The van der Waals surface area contributed by atoms with E-state index in [9.17, 15) is 0 Å². The fourth-order valence-corrected chi connectivity index (χ4v) is 4.07. The van der Waals surface area contributed by atoms with E-state index in [2.05, 4.69) is 61.4 Å². The highest BCUT2D eigenvalue weighted by atomic mass is 35.5.